The molecule has 0 saturated heterocycles. The first-order valence-electron chi connectivity index (χ1n) is 10.2. The van der Waals surface area contributed by atoms with Crippen LogP contribution in [0.25, 0.3) is 21.9 Å². The predicted molar refractivity (Wildman–Crippen MR) is 122 cm³/mol. The summed E-state index contributed by atoms with van der Waals surface area (Å²) >= 11 is 0. The number of amides is 2. The summed E-state index contributed by atoms with van der Waals surface area (Å²) in [6, 6.07) is 14.9. The molecule has 7 nitrogen and oxygen atoms in total. The molecule has 0 aliphatic heterocycles. The van der Waals surface area contributed by atoms with Crippen LogP contribution in [0.2, 0.25) is 0 Å². The summed E-state index contributed by atoms with van der Waals surface area (Å²) in [4.78, 5) is 37.8. The van der Waals surface area contributed by atoms with Crippen molar-refractivity contribution in [1.82, 2.24) is 4.57 Å². The molecule has 7 heteroatoms. The molecular weight excluding hydrogens is 394 g/mol. The third-order valence-corrected chi connectivity index (χ3v) is 5.18. The van der Waals surface area contributed by atoms with Gasteiger partial charge in [-0.2, -0.15) is 0 Å². The average molecular weight is 421 g/mol. The molecule has 0 unspecified atom stereocenters. The summed E-state index contributed by atoms with van der Waals surface area (Å²) in [5, 5.41) is 10.9. The van der Waals surface area contributed by atoms with Gasteiger partial charge in [0.25, 0.3) is 5.56 Å². The highest BCUT2D eigenvalue weighted by Gasteiger charge is 2.24. The number of primary amides is 1. The Morgan fingerprint density at radius 3 is 2.35 bits per heavy atom. The minimum atomic E-state index is -1.15. The lowest BCUT2D eigenvalue weighted by atomic mass is 9.95. The highest BCUT2D eigenvalue weighted by Crippen LogP contribution is 2.36. The predicted octanol–water partition coefficient (Wildman–Crippen LogP) is 3.86. The Balaban J connectivity index is 2.44. The van der Waals surface area contributed by atoms with E-state index in [9.17, 15) is 19.5 Å². The van der Waals surface area contributed by atoms with E-state index in [0.29, 0.717) is 35.1 Å². The van der Waals surface area contributed by atoms with Crippen molar-refractivity contribution in [2.75, 3.05) is 11.9 Å². The summed E-state index contributed by atoms with van der Waals surface area (Å²) in [5.41, 5.74) is 7.38. The second kappa shape index (κ2) is 9.04. The number of carbonyl (C=O) groups excluding carboxylic acids is 1. The van der Waals surface area contributed by atoms with E-state index in [4.69, 9.17) is 5.73 Å². The molecule has 0 atom stereocenters. The lowest BCUT2D eigenvalue weighted by Gasteiger charge is -2.26. The van der Waals surface area contributed by atoms with Crippen molar-refractivity contribution >= 4 is 28.6 Å². The van der Waals surface area contributed by atoms with Gasteiger partial charge in [-0.25, -0.2) is 4.79 Å². The number of rotatable bonds is 7. The maximum atomic E-state index is 13.4. The fourth-order valence-electron chi connectivity index (χ4n) is 3.77. The number of fused-ring (bicyclic) bond motifs is 1. The van der Waals surface area contributed by atoms with Crippen LogP contribution < -0.4 is 16.2 Å². The summed E-state index contributed by atoms with van der Waals surface area (Å²) in [5.74, 6) is 0.0635. The van der Waals surface area contributed by atoms with E-state index < -0.39 is 12.0 Å². The molecular formula is C24H27N3O4. The molecule has 2 aromatic carbocycles. The smallest absolute Gasteiger partial charge is 0.412 e. The molecule has 31 heavy (non-hydrogen) atoms. The first-order chi connectivity index (χ1) is 14.7. The second-order valence-corrected chi connectivity index (χ2v) is 8.06. The molecule has 0 saturated carbocycles. The first-order valence-corrected chi connectivity index (χ1v) is 10.2. The van der Waals surface area contributed by atoms with Crippen LogP contribution in [-0.2, 0) is 17.8 Å². The van der Waals surface area contributed by atoms with Crippen molar-refractivity contribution in [2.45, 2.75) is 33.2 Å². The van der Waals surface area contributed by atoms with Crippen LogP contribution in [-0.4, -0.2) is 28.7 Å². The van der Waals surface area contributed by atoms with Gasteiger partial charge >= 0.3 is 6.09 Å². The second-order valence-electron chi connectivity index (χ2n) is 8.06. The maximum Gasteiger partial charge on any atom is 0.412 e. The van der Waals surface area contributed by atoms with E-state index in [1.165, 1.54) is 7.05 Å². The number of carbonyl (C=O) groups is 2. The highest BCUT2D eigenvalue weighted by atomic mass is 16.4. The number of pyridine rings is 1. The van der Waals surface area contributed by atoms with Gasteiger partial charge in [-0.15, -0.1) is 0 Å². The fourth-order valence-corrected chi connectivity index (χ4v) is 3.77. The highest BCUT2D eigenvalue weighted by molar-refractivity contribution is 6.04. The van der Waals surface area contributed by atoms with E-state index in [1.54, 1.807) is 10.6 Å². The van der Waals surface area contributed by atoms with Gasteiger partial charge < -0.3 is 10.8 Å². The molecule has 0 bridgehead atoms. The van der Waals surface area contributed by atoms with Crippen LogP contribution in [0.4, 0.5) is 10.6 Å². The zero-order valence-electron chi connectivity index (χ0n) is 18.0. The Morgan fingerprint density at radius 1 is 1.10 bits per heavy atom. The van der Waals surface area contributed by atoms with E-state index in [1.807, 2.05) is 56.3 Å². The molecule has 3 aromatic rings. The molecule has 3 N–H and O–H groups in total. The largest absolute Gasteiger partial charge is 0.465 e. The number of aryl methyl sites for hydroxylation is 1. The topological polar surface area (TPSA) is 106 Å². The number of hydrogen-bond donors (Lipinski definition) is 2. The maximum absolute atomic E-state index is 13.4. The number of anilines is 1. The monoisotopic (exact) mass is 421 g/mol. The van der Waals surface area contributed by atoms with Gasteiger partial charge in [0.15, 0.2) is 0 Å². The van der Waals surface area contributed by atoms with Crippen molar-refractivity contribution in [2.24, 2.45) is 11.7 Å². The van der Waals surface area contributed by atoms with E-state index >= 15 is 0 Å². The summed E-state index contributed by atoms with van der Waals surface area (Å²) in [6.07, 6.45) is -0.518. The van der Waals surface area contributed by atoms with Gasteiger partial charge in [-0.1, -0.05) is 56.3 Å². The van der Waals surface area contributed by atoms with E-state index in [2.05, 4.69) is 0 Å². The number of nitrogens with zero attached hydrogens (tertiary/aromatic N) is 2. The van der Waals surface area contributed by atoms with Crippen molar-refractivity contribution in [1.29, 1.82) is 0 Å². The minimum absolute atomic E-state index is 0.134. The van der Waals surface area contributed by atoms with Gasteiger partial charge in [0.05, 0.1) is 0 Å². The number of carboxylic acid groups (broad SMARTS) is 1. The van der Waals surface area contributed by atoms with Crippen LogP contribution >= 0.6 is 0 Å². The quantitative estimate of drug-likeness (QED) is 0.604. The third-order valence-electron chi connectivity index (χ3n) is 5.18. The van der Waals surface area contributed by atoms with E-state index in [0.717, 1.165) is 16.0 Å². The Hall–Kier alpha value is -3.61. The van der Waals surface area contributed by atoms with Gasteiger partial charge in [0.2, 0.25) is 5.91 Å². The van der Waals surface area contributed by atoms with Crippen LogP contribution in [0.15, 0.2) is 53.3 Å². The molecule has 3 rings (SSSR count). The van der Waals surface area contributed by atoms with Crippen molar-refractivity contribution < 1.29 is 14.7 Å². The number of aromatic nitrogens is 1. The zero-order valence-corrected chi connectivity index (χ0v) is 18.0. The number of nitrogens with two attached hydrogens (primary N) is 1. The Labute approximate surface area is 180 Å². The van der Waals surface area contributed by atoms with Crippen molar-refractivity contribution in [3.63, 3.8) is 0 Å². The van der Waals surface area contributed by atoms with Crippen LogP contribution in [0, 0.1) is 5.92 Å². The van der Waals surface area contributed by atoms with Crippen molar-refractivity contribution in [3.8, 4) is 11.1 Å². The summed E-state index contributed by atoms with van der Waals surface area (Å²) < 4.78 is 1.55. The molecule has 2 amide bonds. The lowest BCUT2D eigenvalue weighted by molar-refractivity contribution is -0.117. The SMILES string of the molecule is CC(C)Cn1c(N(C)C(=O)O)c(-c2ccccc2)c2cc(CCC(N)=O)ccc2c1=O. The molecule has 0 aliphatic carbocycles. The normalized spacial score (nSPS) is 11.1. The number of benzene rings is 2. The minimum Gasteiger partial charge on any atom is -0.465 e. The fraction of sp³-hybridized carbons (Fsp3) is 0.292. The molecule has 1 heterocycles. The van der Waals surface area contributed by atoms with Gasteiger partial charge in [-0.05, 0) is 34.9 Å². The van der Waals surface area contributed by atoms with Gasteiger partial charge in [0, 0.05) is 31.0 Å². The average Bonchev–Trinajstić information content (AvgIpc) is 2.73. The Morgan fingerprint density at radius 2 is 1.77 bits per heavy atom. The molecule has 0 spiro atoms. The van der Waals surface area contributed by atoms with Crippen LogP contribution in [0.3, 0.4) is 0 Å². The Kier molecular flexibility index (Phi) is 6.44. The Bertz CT molecular complexity index is 1180. The standard InChI is InChI=1S/C24H27N3O4/c1-15(2)14-27-22(26(3)24(30)31)21(17-7-5-4-6-8-17)19-13-16(10-12-20(25)28)9-11-18(19)23(27)29/h4-9,11,13,15H,10,12,14H2,1-3H3,(H2,25,28)(H,30,31). The van der Waals surface area contributed by atoms with Crippen LogP contribution in [0.5, 0.6) is 0 Å². The molecule has 0 aliphatic rings. The lowest BCUT2D eigenvalue weighted by Crippen LogP contribution is -2.34. The first kappa shape index (κ1) is 22.1. The summed E-state index contributed by atoms with van der Waals surface area (Å²) in [6.45, 7) is 4.34. The zero-order chi connectivity index (χ0) is 22.7. The van der Waals surface area contributed by atoms with Crippen LogP contribution in [0.1, 0.15) is 25.8 Å². The molecule has 0 fully saturated rings. The van der Waals surface area contributed by atoms with Crippen molar-refractivity contribution in [3.05, 3.63) is 64.4 Å². The molecule has 1 aromatic heterocycles. The van der Waals surface area contributed by atoms with Gasteiger partial charge in [0.1, 0.15) is 5.82 Å². The summed E-state index contributed by atoms with van der Waals surface area (Å²) in [7, 11) is 1.45. The molecule has 162 valence electrons. The third kappa shape index (κ3) is 4.60. The van der Waals surface area contributed by atoms with Gasteiger partial charge in [-0.3, -0.25) is 19.1 Å². The van der Waals surface area contributed by atoms with E-state index in [-0.39, 0.29) is 17.9 Å². The molecule has 0 radical (unpaired) electrons. The number of hydrogen-bond acceptors (Lipinski definition) is 3.